The SMILES string of the molecule is CCNc1nc(OCC)nc(Oc2ccc(Cl)cc2)n1. The smallest absolute Gasteiger partial charge is 0.330 e. The molecule has 0 atom stereocenters. The van der Waals surface area contributed by atoms with E-state index >= 15 is 0 Å². The number of aromatic nitrogens is 3. The molecule has 1 N–H and O–H groups in total. The molecule has 0 amide bonds. The zero-order valence-electron chi connectivity index (χ0n) is 11.3. The normalized spacial score (nSPS) is 10.2. The van der Waals surface area contributed by atoms with Crippen LogP contribution in [-0.4, -0.2) is 28.1 Å². The lowest BCUT2D eigenvalue weighted by Gasteiger charge is -2.08. The van der Waals surface area contributed by atoms with Crippen LogP contribution in [0.25, 0.3) is 0 Å². The first-order valence-corrected chi connectivity index (χ1v) is 6.65. The molecule has 0 bridgehead atoms. The topological polar surface area (TPSA) is 69.2 Å². The lowest BCUT2D eigenvalue weighted by Crippen LogP contribution is -2.07. The average Bonchev–Trinajstić information content (AvgIpc) is 2.42. The first kappa shape index (κ1) is 14.3. The van der Waals surface area contributed by atoms with Crippen molar-refractivity contribution in [2.24, 2.45) is 0 Å². The van der Waals surface area contributed by atoms with Gasteiger partial charge < -0.3 is 14.8 Å². The Morgan fingerprint density at radius 2 is 1.75 bits per heavy atom. The number of hydrogen-bond donors (Lipinski definition) is 1. The van der Waals surface area contributed by atoms with Gasteiger partial charge in [-0.25, -0.2) is 0 Å². The molecule has 1 aromatic carbocycles. The summed E-state index contributed by atoms with van der Waals surface area (Å²) in [4.78, 5) is 12.3. The number of hydrogen-bond acceptors (Lipinski definition) is 6. The number of ether oxygens (including phenoxy) is 2. The van der Waals surface area contributed by atoms with E-state index in [0.29, 0.717) is 29.9 Å². The van der Waals surface area contributed by atoms with E-state index in [2.05, 4.69) is 20.3 Å². The molecule has 7 heteroatoms. The van der Waals surface area contributed by atoms with Gasteiger partial charge in [0.25, 0.3) is 0 Å². The highest BCUT2D eigenvalue weighted by Gasteiger charge is 2.09. The quantitative estimate of drug-likeness (QED) is 0.882. The summed E-state index contributed by atoms with van der Waals surface area (Å²) in [5.74, 6) is 1.00. The number of halogens is 1. The Hall–Kier alpha value is -2.08. The van der Waals surface area contributed by atoms with Crippen LogP contribution in [-0.2, 0) is 0 Å². The van der Waals surface area contributed by atoms with Crippen LogP contribution in [0.3, 0.4) is 0 Å². The molecule has 2 aromatic rings. The number of nitrogens with zero attached hydrogens (tertiary/aromatic N) is 3. The molecule has 20 heavy (non-hydrogen) atoms. The third-order valence-electron chi connectivity index (χ3n) is 2.23. The maximum atomic E-state index is 5.82. The third-order valence-corrected chi connectivity index (χ3v) is 2.48. The van der Waals surface area contributed by atoms with Gasteiger partial charge in [-0.15, -0.1) is 4.98 Å². The van der Waals surface area contributed by atoms with Crippen LogP contribution in [0.5, 0.6) is 17.8 Å². The van der Waals surface area contributed by atoms with Crippen molar-refractivity contribution >= 4 is 17.5 Å². The molecule has 0 fully saturated rings. The Morgan fingerprint density at radius 3 is 2.40 bits per heavy atom. The van der Waals surface area contributed by atoms with Crippen molar-refractivity contribution in [2.45, 2.75) is 13.8 Å². The molecular weight excluding hydrogens is 280 g/mol. The molecule has 106 valence electrons. The van der Waals surface area contributed by atoms with Gasteiger partial charge in [0.05, 0.1) is 6.61 Å². The first-order chi connectivity index (χ1) is 9.71. The zero-order valence-corrected chi connectivity index (χ0v) is 12.0. The van der Waals surface area contributed by atoms with Crippen molar-refractivity contribution in [3.63, 3.8) is 0 Å². The molecule has 1 aromatic heterocycles. The number of anilines is 1. The van der Waals surface area contributed by atoms with Gasteiger partial charge in [-0.3, -0.25) is 0 Å². The first-order valence-electron chi connectivity index (χ1n) is 6.27. The van der Waals surface area contributed by atoms with Crippen molar-refractivity contribution in [1.29, 1.82) is 0 Å². The predicted octanol–water partition coefficient (Wildman–Crippen LogP) is 3.15. The summed E-state index contributed by atoms with van der Waals surface area (Å²) in [5, 5.41) is 3.63. The van der Waals surface area contributed by atoms with Crippen LogP contribution >= 0.6 is 11.6 Å². The van der Waals surface area contributed by atoms with Crippen LogP contribution in [0.2, 0.25) is 5.02 Å². The maximum absolute atomic E-state index is 5.82. The highest BCUT2D eigenvalue weighted by molar-refractivity contribution is 6.30. The molecule has 0 unspecified atom stereocenters. The molecule has 0 aliphatic carbocycles. The second-order valence-corrected chi connectivity index (χ2v) is 4.18. The Balaban J connectivity index is 2.22. The Kier molecular flexibility index (Phi) is 4.95. The second kappa shape index (κ2) is 6.91. The maximum Gasteiger partial charge on any atom is 0.330 e. The van der Waals surface area contributed by atoms with Crippen LogP contribution in [0.1, 0.15) is 13.8 Å². The molecule has 1 heterocycles. The molecule has 6 nitrogen and oxygen atoms in total. The monoisotopic (exact) mass is 294 g/mol. The minimum Gasteiger partial charge on any atom is -0.464 e. The zero-order chi connectivity index (χ0) is 14.4. The van der Waals surface area contributed by atoms with E-state index in [4.69, 9.17) is 21.1 Å². The number of benzene rings is 1. The van der Waals surface area contributed by atoms with Crippen molar-refractivity contribution in [3.05, 3.63) is 29.3 Å². The molecule has 0 aliphatic rings. The van der Waals surface area contributed by atoms with E-state index in [0.717, 1.165) is 0 Å². The van der Waals surface area contributed by atoms with Crippen molar-refractivity contribution in [3.8, 4) is 17.8 Å². The third kappa shape index (κ3) is 3.96. The van der Waals surface area contributed by atoms with E-state index in [-0.39, 0.29) is 12.0 Å². The lowest BCUT2D eigenvalue weighted by atomic mass is 10.3. The number of rotatable bonds is 6. The Labute approximate surface area is 122 Å². The van der Waals surface area contributed by atoms with Crippen molar-refractivity contribution in [1.82, 2.24) is 15.0 Å². The highest BCUT2D eigenvalue weighted by atomic mass is 35.5. The summed E-state index contributed by atoms with van der Waals surface area (Å²) in [5.41, 5.74) is 0. The van der Waals surface area contributed by atoms with Gasteiger partial charge in [-0.05, 0) is 38.1 Å². The standard InChI is InChI=1S/C13H15ClN4O2/c1-3-15-11-16-12(19-4-2)18-13(17-11)20-10-7-5-9(14)6-8-10/h5-8H,3-4H2,1-2H3,(H,15,16,17,18). The average molecular weight is 295 g/mol. The minimum absolute atomic E-state index is 0.168. The molecule has 0 radical (unpaired) electrons. The molecule has 0 spiro atoms. The van der Waals surface area contributed by atoms with Gasteiger partial charge in [0.2, 0.25) is 5.95 Å². The lowest BCUT2D eigenvalue weighted by molar-refractivity contribution is 0.304. The predicted molar refractivity (Wildman–Crippen MR) is 76.7 cm³/mol. The highest BCUT2D eigenvalue weighted by Crippen LogP contribution is 2.22. The van der Waals surface area contributed by atoms with E-state index in [1.54, 1.807) is 24.3 Å². The summed E-state index contributed by atoms with van der Waals surface area (Å²) in [7, 11) is 0. The fourth-order valence-electron chi connectivity index (χ4n) is 1.42. The minimum atomic E-state index is 0.168. The van der Waals surface area contributed by atoms with Gasteiger partial charge in [0.15, 0.2) is 0 Å². The molecule has 2 rings (SSSR count). The summed E-state index contributed by atoms with van der Waals surface area (Å²) in [6.07, 6.45) is 0. The van der Waals surface area contributed by atoms with Crippen LogP contribution < -0.4 is 14.8 Å². The van der Waals surface area contributed by atoms with Gasteiger partial charge in [0.1, 0.15) is 5.75 Å². The van der Waals surface area contributed by atoms with Gasteiger partial charge >= 0.3 is 12.0 Å². The van der Waals surface area contributed by atoms with Gasteiger partial charge in [-0.2, -0.15) is 9.97 Å². The van der Waals surface area contributed by atoms with Crippen molar-refractivity contribution < 1.29 is 9.47 Å². The largest absolute Gasteiger partial charge is 0.464 e. The summed E-state index contributed by atoms with van der Waals surface area (Å²) >= 11 is 5.82. The van der Waals surface area contributed by atoms with E-state index in [1.807, 2.05) is 13.8 Å². The van der Waals surface area contributed by atoms with Gasteiger partial charge in [-0.1, -0.05) is 11.6 Å². The Morgan fingerprint density at radius 1 is 1.05 bits per heavy atom. The molecule has 0 aliphatic heterocycles. The second-order valence-electron chi connectivity index (χ2n) is 3.74. The Bertz CT molecular complexity index is 539. The summed E-state index contributed by atoms with van der Waals surface area (Å²) in [6, 6.07) is 7.32. The number of nitrogens with one attached hydrogen (secondary N) is 1. The fourth-order valence-corrected chi connectivity index (χ4v) is 1.55. The van der Waals surface area contributed by atoms with E-state index in [9.17, 15) is 0 Å². The van der Waals surface area contributed by atoms with Crippen LogP contribution in [0.4, 0.5) is 5.95 Å². The van der Waals surface area contributed by atoms with E-state index in [1.165, 1.54) is 0 Å². The van der Waals surface area contributed by atoms with Gasteiger partial charge in [0, 0.05) is 11.6 Å². The molecule has 0 saturated carbocycles. The van der Waals surface area contributed by atoms with E-state index < -0.39 is 0 Å². The molecular formula is C13H15ClN4O2. The van der Waals surface area contributed by atoms with Crippen LogP contribution in [0, 0.1) is 0 Å². The summed E-state index contributed by atoms with van der Waals surface area (Å²) < 4.78 is 10.9. The fraction of sp³-hybridized carbons (Fsp3) is 0.308. The van der Waals surface area contributed by atoms with Crippen molar-refractivity contribution in [2.75, 3.05) is 18.5 Å². The summed E-state index contributed by atoms with van der Waals surface area (Å²) in [6.45, 7) is 4.96. The van der Waals surface area contributed by atoms with Crippen LogP contribution in [0.15, 0.2) is 24.3 Å². The molecule has 0 saturated heterocycles.